The van der Waals surface area contributed by atoms with Crippen molar-refractivity contribution in [3.05, 3.63) is 16.8 Å². The van der Waals surface area contributed by atoms with Crippen molar-refractivity contribution in [3.63, 3.8) is 0 Å². The van der Waals surface area contributed by atoms with Gasteiger partial charge < -0.3 is 4.74 Å². The van der Waals surface area contributed by atoms with Gasteiger partial charge in [-0.05, 0) is 10.8 Å². The van der Waals surface area contributed by atoms with Crippen LogP contribution in [0, 0.1) is 0 Å². The SMILES string of the molecule is CCOC(=O)c1cnc2s[c]([Al])nc2c1Cl. The average Bonchev–Trinajstić information content (AvgIpc) is 2.60. The van der Waals surface area contributed by atoms with E-state index < -0.39 is 5.97 Å². The fourth-order valence-electron chi connectivity index (χ4n) is 1.22. The fourth-order valence-corrected chi connectivity index (χ4v) is 2.68. The van der Waals surface area contributed by atoms with E-state index in [1.54, 1.807) is 6.92 Å². The molecule has 0 bridgehead atoms. The van der Waals surface area contributed by atoms with Gasteiger partial charge in [0.1, 0.15) is 10.3 Å². The Morgan fingerprint density at radius 2 is 2.44 bits per heavy atom. The van der Waals surface area contributed by atoms with Gasteiger partial charge in [0.15, 0.2) is 0 Å². The summed E-state index contributed by atoms with van der Waals surface area (Å²) in [6.07, 6.45) is 1.42. The number of ether oxygens (including phenoxy) is 1. The van der Waals surface area contributed by atoms with E-state index in [9.17, 15) is 4.79 Å². The maximum Gasteiger partial charge on any atom is 0.341 e. The molecule has 0 spiro atoms. The zero-order chi connectivity index (χ0) is 11.7. The number of rotatable bonds is 2. The van der Waals surface area contributed by atoms with Gasteiger partial charge in [-0.2, -0.15) is 0 Å². The Bertz CT molecular complexity index is 558. The number of thiazole rings is 1. The van der Waals surface area contributed by atoms with Crippen LogP contribution in [0.25, 0.3) is 10.3 Å². The standard InChI is InChI=1S/C9H6ClN2O2S.Al/c1-2-14-9(13)5-3-11-8-7(6(5)10)12-4-15-8;/h3H,2H2,1H3;. The van der Waals surface area contributed by atoms with Crippen LogP contribution in [-0.2, 0) is 4.74 Å². The van der Waals surface area contributed by atoms with Crippen LogP contribution in [-0.4, -0.2) is 38.8 Å². The summed E-state index contributed by atoms with van der Waals surface area (Å²) in [6, 6.07) is 0. The quantitative estimate of drug-likeness (QED) is 0.609. The van der Waals surface area contributed by atoms with E-state index in [1.165, 1.54) is 17.5 Å². The Morgan fingerprint density at radius 3 is 3.12 bits per heavy atom. The Labute approximate surface area is 109 Å². The van der Waals surface area contributed by atoms with E-state index >= 15 is 0 Å². The van der Waals surface area contributed by atoms with Crippen LogP contribution in [0.1, 0.15) is 17.3 Å². The van der Waals surface area contributed by atoms with E-state index in [-0.39, 0.29) is 5.56 Å². The highest BCUT2D eigenvalue weighted by atomic mass is 35.5. The molecule has 2 rings (SSSR count). The number of esters is 1. The summed E-state index contributed by atoms with van der Waals surface area (Å²) < 4.78 is 5.65. The van der Waals surface area contributed by atoms with Gasteiger partial charge in [-0.25, -0.2) is 9.78 Å². The van der Waals surface area contributed by atoms with Gasteiger partial charge in [-0.1, -0.05) is 11.6 Å². The number of carbonyl (C=O) groups excluding carboxylic acids is 1. The number of pyridine rings is 1. The normalized spacial score (nSPS) is 10.6. The molecule has 4 nitrogen and oxygen atoms in total. The van der Waals surface area contributed by atoms with E-state index in [0.717, 1.165) is 3.87 Å². The number of hydrogen-bond acceptors (Lipinski definition) is 5. The van der Waals surface area contributed by atoms with Crippen LogP contribution in [0.2, 0.25) is 5.02 Å². The third-order valence-corrected chi connectivity index (χ3v) is 3.53. The van der Waals surface area contributed by atoms with Crippen LogP contribution >= 0.6 is 22.9 Å². The number of fused-ring (bicyclic) bond motifs is 1. The molecule has 0 amide bonds. The molecule has 0 saturated heterocycles. The maximum atomic E-state index is 11.5. The Morgan fingerprint density at radius 1 is 1.69 bits per heavy atom. The Hall–Kier alpha value is -0.668. The highest BCUT2D eigenvalue weighted by molar-refractivity contribution is 7.25. The molecule has 0 unspecified atom stereocenters. The zero-order valence-electron chi connectivity index (χ0n) is 8.36. The molecule has 2 aromatic rings. The average molecular weight is 269 g/mol. The highest BCUT2D eigenvalue weighted by Crippen LogP contribution is 2.26. The van der Waals surface area contributed by atoms with E-state index in [2.05, 4.69) is 26.3 Å². The van der Waals surface area contributed by atoms with Crippen molar-refractivity contribution < 1.29 is 9.53 Å². The largest absolute Gasteiger partial charge is 0.462 e. The maximum absolute atomic E-state index is 11.5. The van der Waals surface area contributed by atoms with Crippen molar-refractivity contribution in [3.8, 4) is 0 Å². The minimum Gasteiger partial charge on any atom is -0.462 e. The predicted octanol–water partition coefficient (Wildman–Crippen LogP) is 1.32. The summed E-state index contributed by atoms with van der Waals surface area (Å²) >= 11 is 9.96. The van der Waals surface area contributed by atoms with Crippen molar-refractivity contribution in [2.75, 3.05) is 6.61 Å². The molecule has 0 fully saturated rings. The summed E-state index contributed by atoms with van der Waals surface area (Å²) in [6.45, 7) is 2.04. The van der Waals surface area contributed by atoms with Crippen LogP contribution < -0.4 is 3.87 Å². The Balaban J connectivity index is 2.55. The predicted molar refractivity (Wildman–Crippen MR) is 63.8 cm³/mol. The monoisotopic (exact) mass is 268 g/mol. The van der Waals surface area contributed by atoms with Crippen molar-refractivity contribution in [1.29, 1.82) is 0 Å². The first kappa shape index (κ1) is 11.8. The van der Waals surface area contributed by atoms with Crippen molar-refractivity contribution in [2.24, 2.45) is 0 Å². The molecule has 0 atom stereocenters. The lowest BCUT2D eigenvalue weighted by Crippen LogP contribution is -2.06. The minimum absolute atomic E-state index is 0.256. The molecule has 0 aliphatic carbocycles. The fraction of sp³-hybridized carbons (Fsp3) is 0.222. The van der Waals surface area contributed by atoms with Gasteiger partial charge in [0, 0.05) is 6.20 Å². The first-order valence-corrected chi connectivity index (χ1v) is 6.28. The second kappa shape index (κ2) is 4.68. The van der Waals surface area contributed by atoms with Gasteiger partial charge in [-0.3, -0.25) is 4.98 Å². The van der Waals surface area contributed by atoms with Gasteiger partial charge in [0.25, 0.3) is 0 Å². The lowest BCUT2D eigenvalue weighted by Gasteiger charge is -2.03. The molecule has 80 valence electrons. The molecule has 0 aromatic carbocycles. The molecule has 0 saturated carbocycles. The molecule has 0 aliphatic rings. The van der Waals surface area contributed by atoms with Gasteiger partial charge in [0.05, 0.1) is 17.2 Å². The van der Waals surface area contributed by atoms with Gasteiger partial charge in [-0.15, -0.1) is 11.3 Å². The molecular formula is C9H6AlClN2O2S. The molecular weight excluding hydrogens is 263 g/mol. The van der Waals surface area contributed by atoms with Crippen LogP contribution in [0.3, 0.4) is 0 Å². The Kier molecular flexibility index (Phi) is 3.45. The second-order valence-electron chi connectivity index (χ2n) is 2.91. The van der Waals surface area contributed by atoms with Crippen molar-refractivity contribution in [1.82, 2.24) is 9.97 Å². The molecule has 7 heteroatoms. The van der Waals surface area contributed by atoms with Gasteiger partial charge in [0.2, 0.25) is 16.3 Å². The third-order valence-electron chi connectivity index (χ3n) is 1.88. The molecule has 2 aromatic heterocycles. The van der Waals surface area contributed by atoms with Crippen LogP contribution in [0.4, 0.5) is 0 Å². The summed E-state index contributed by atoms with van der Waals surface area (Å²) in [4.78, 5) is 20.6. The second-order valence-corrected chi connectivity index (χ2v) is 5.26. The first-order valence-electron chi connectivity index (χ1n) is 4.51. The van der Waals surface area contributed by atoms with E-state index in [1.807, 2.05) is 0 Å². The molecule has 2 heterocycles. The number of halogens is 1. The lowest BCUT2D eigenvalue weighted by molar-refractivity contribution is 0.0526. The minimum atomic E-state index is -0.472. The summed E-state index contributed by atoms with van der Waals surface area (Å²) in [5.74, 6) is -0.472. The topological polar surface area (TPSA) is 52.1 Å². The number of carbonyl (C=O) groups is 1. The number of hydrogen-bond donors (Lipinski definition) is 0. The zero-order valence-corrected chi connectivity index (χ0v) is 11.1. The molecule has 0 N–H and O–H groups in total. The van der Waals surface area contributed by atoms with Gasteiger partial charge >= 0.3 is 5.97 Å². The van der Waals surface area contributed by atoms with E-state index in [0.29, 0.717) is 22.0 Å². The van der Waals surface area contributed by atoms with E-state index in [4.69, 9.17) is 16.3 Å². The highest BCUT2D eigenvalue weighted by Gasteiger charge is 2.16. The van der Waals surface area contributed by atoms with Crippen molar-refractivity contribution >= 4 is 59.4 Å². The molecule has 16 heavy (non-hydrogen) atoms. The molecule has 0 aliphatic heterocycles. The number of aromatic nitrogens is 2. The van der Waals surface area contributed by atoms with Crippen LogP contribution in [0.5, 0.6) is 0 Å². The van der Waals surface area contributed by atoms with Crippen LogP contribution in [0.15, 0.2) is 6.20 Å². The smallest absolute Gasteiger partial charge is 0.341 e. The summed E-state index contributed by atoms with van der Waals surface area (Å²) in [7, 11) is 0. The number of nitrogens with zero attached hydrogens (tertiary/aromatic N) is 2. The lowest BCUT2D eigenvalue weighted by atomic mass is 10.3. The summed E-state index contributed by atoms with van der Waals surface area (Å²) in [5.41, 5.74) is 0.800. The first-order chi connectivity index (χ1) is 7.63. The molecule has 2 radical (unpaired) electrons. The summed E-state index contributed by atoms with van der Waals surface area (Å²) in [5, 5.41) is 0.299. The van der Waals surface area contributed by atoms with Crippen molar-refractivity contribution in [2.45, 2.75) is 6.92 Å². The third kappa shape index (κ3) is 2.07.